The van der Waals surface area contributed by atoms with Gasteiger partial charge in [0.05, 0.1) is 25.0 Å². The Morgan fingerprint density at radius 2 is 1.94 bits per heavy atom. The molecular weight excluding hydrogens is 406 g/mol. The molecule has 1 saturated heterocycles. The van der Waals surface area contributed by atoms with E-state index in [-0.39, 0.29) is 23.5 Å². The molecule has 1 aliphatic carbocycles. The SMILES string of the molecule is O=C(Nc1ccccc1O)C1CCN(CC(=O)N(Cc2ccco2)C2=CCCCC2)CC1. The summed E-state index contributed by atoms with van der Waals surface area (Å²) in [7, 11) is 0. The van der Waals surface area contributed by atoms with Crippen molar-refractivity contribution in [2.75, 3.05) is 25.0 Å². The number of hydrogen-bond acceptors (Lipinski definition) is 5. The van der Waals surface area contributed by atoms with E-state index in [1.807, 2.05) is 17.0 Å². The number of nitrogens with zero attached hydrogens (tertiary/aromatic N) is 2. The van der Waals surface area contributed by atoms with Crippen molar-refractivity contribution in [2.45, 2.75) is 45.1 Å². The molecule has 1 aromatic carbocycles. The summed E-state index contributed by atoms with van der Waals surface area (Å²) in [5.74, 6) is 0.721. The minimum absolute atomic E-state index is 0.0672. The Hall–Kier alpha value is -3.06. The molecule has 7 heteroatoms. The lowest BCUT2D eigenvalue weighted by molar-refractivity contribution is -0.132. The second kappa shape index (κ2) is 10.5. The highest BCUT2D eigenvalue weighted by Crippen LogP contribution is 2.26. The average Bonchev–Trinajstić information content (AvgIpc) is 3.33. The molecule has 170 valence electrons. The number of anilines is 1. The van der Waals surface area contributed by atoms with Crippen molar-refractivity contribution >= 4 is 17.5 Å². The smallest absolute Gasteiger partial charge is 0.241 e. The number of piperidine rings is 1. The standard InChI is InChI=1S/C25H31N3O4/c29-23-11-5-4-10-22(23)26-25(31)19-12-14-27(15-13-19)18-24(30)28(17-21-9-6-16-32-21)20-7-2-1-3-8-20/h4-7,9-11,16,19,29H,1-3,8,12-15,17-18H2,(H,26,31). The quantitative estimate of drug-likeness (QED) is 0.637. The van der Waals surface area contributed by atoms with E-state index in [1.54, 1.807) is 30.5 Å². The summed E-state index contributed by atoms with van der Waals surface area (Å²) >= 11 is 0. The molecule has 0 bridgehead atoms. The van der Waals surface area contributed by atoms with Gasteiger partial charge in [-0.1, -0.05) is 18.2 Å². The number of para-hydroxylation sites is 2. The summed E-state index contributed by atoms with van der Waals surface area (Å²) in [6.07, 6.45) is 9.39. The van der Waals surface area contributed by atoms with E-state index in [1.165, 1.54) is 6.42 Å². The van der Waals surface area contributed by atoms with Crippen molar-refractivity contribution in [3.8, 4) is 5.75 Å². The molecule has 0 saturated carbocycles. The lowest BCUT2D eigenvalue weighted by Gasteiger charge is -2.33. The highest BCUT2D eigenvalue weighted by Gasteiger charge is 2.28. The van der Waals surface area contributed by atoms with Gasteiger partial charge in [0, 0.05) is 11.6 Å². The lowest BCUT2D eigenvalue weighted by Crippen LogP contribution is -2.44. The second-order valence-electron chi connectivity index (χ2n) is 8.56. The average molecular weight is 438 g/mol. The fraction of sp³-hybridized carbons (Fsp3) is 0.440. The molecule has 32 heavy (non-hydrogen) atoms. The van der Waals surface area contributed by atoms with E-state index >= 15 is 0 Å². The molecule has 7 nitrogen and oxygen atoms in total. The second-order valence-corrected chi connectivity index (χ2v) is 8.56. The van der Waals surface area contributed by atoms with Crippen LogP contribution < -0.4 is 5.32 Å². The zero-order chi connectivity index (χ0) is 22.3. The summed E-state index contributed by atoms with van der Waals surface area (Å²) in [6.45, 7) is 2.18. The van der Waals surface area contributed by atoms with Gasteiger partial charge in [-0.15, -0.1) is 0 Å². The zero-order valence-electron chi connectivity index (χ0n) is 18.3. The largest absolute Gasteiger partial charge is 0.506 e. The molecule has 1 fully saturated rings. The minimum Gasteiger partial charge on any atom is -0.506 e. The van der Waals surface area contributed by atoms with Gasteiger partial charge in [0.2, 0.25) is 11.8 Å². The number of rotatable bonds is 7. The number of furan rings is 1. The molecule has 2 aliphatic rings. The van der Waals surface area contributed by atoms with Crippen molar-refractivity contribution < 1.29 is 19.1 Å². The molecule has 0 spiro atoms. The first-order chi connectivity index (χ1) is 15.6. The third-order valence-electron chi connectivity index (χ3n) is 6.29. The summed E-state index contributed by atoms with van der Waals surface area (Å²) in [4.78, 5) is 29.8. The van der Waals surface area contributed by atoms with Crippen molar-refractivity contribution in [1.29, 1.82) is 0 Å². The highest BCUT2D eigenvalue weighted by molar-refractivity contribution is 5.94. The number of hydrogen-bond donors (Lipinski definition) is 2. The molecule has 0 radical (unpaired) electrons. The Kier molecular flexibility index (Phi) is 7.27. The van der Waals surface area contributed by atoms with Crippen LogP contribution in [0.1, 0.15) is 44.3 Å². The monoisotopic (exact) mass is 437 g/mol. The van der Waals surface area contributed by atoms with E-state index in [0.717, 1.165) is 30.7 Å². The van der Waals surface area contributed by atoms with Gasteiger partial charge in [0.15, 0.2) is 0 Å². The number of phenolic OH excluding ortho intramolecular Hbond substituents is 1. The van der Waals surface area contributed by atoms with E-state index in [4.69, 9.17) is 4.42 Å². The summed E-state index contributed by atoms with van der Waals surface area (Å²) in [6, 6.07) is 10.5. The lowest BCUT2D eigenvalue weighted by atomic mass is 9.95. The third kappa shape index (κ3) is 5.59. The van der Waals surface area contributed by atoms with Gasteiger partial charge in [-0.3, -0.25) is 14.5 Å². The van der Waals surface area contributed by atoms with Gasteiger partial charge < -0.3 is 19.7 Å². The molecule has 0 atom stereocenters. The molecule has 1 aliphatic heterocycles. The number of likely N-dealkylation sites (tertiary alicyclic amines) is 1. The number of phenols is 1. The van der Waals surface area contributed by atoms with Crippen LogP contribution in [-0.4, -0.2) is 46.4 Å². The predicted molar refractivity (Wildman–Crippen MR) is 122 cm³/mol. The van der Waals surface area contributed by atoms with Crippen LogP contribution in [0.3, 0.4) is 0 Å². The van der Waals surface area contributed by atoms with Gasteiger partial charge >= 0.3 is 0 Å². The Morgan fingerprint density at radius 1 is 1.12 bits per heavy atom. The van der Waals surface area contributed by atoms with Crippen LogP contribution in [0.25, 0.3) is 0 Å². The van der Waals surface area contributed by atoms with Crippen molar-refractivity contribution in [3.63, 3.8) is 0 Å². The Balaban J connectivity index is 1.31. The first-order valence-corrected chi connectivity index (χ1v) is 11.4. The van der Waals surface area contributed by atoms with Crippen LogP contribution in [0.15, 0.2) is 58.9 Å². The van der Waals surface area contributed by atoms with Gasteiger partial charge in [0.25, 0.3) is 0 Å². The fourth-order valence-electron chi connectivity index (χ4n) is 4.42. The van der Waals surface area contributed by atoms with E-state index in [0.29, 0.717) is 44.7 Å². The predicted octanol–water partition coefficient (Wildman–Crippen LogP) is 4.12. The highest BCUT2D eigenvalue weighted by atomic mass is 16.3. The normalized spacial score (nSPS) is 17.6. The topological polar surface area (TPSA) is 86.0 Å². The van der Waals surface area contributed by atoms with Crippen molar-refractivity contribution in [1.82, 2.24) is 9.80 Å². The number of benzene rings is 1. The van der Waals surface area contributed by atoms with Crippen LogP contribution in [0.5, 0.6) is 5.75 Å². The molecular formula is C25H31N3O4. The van der Waals surface area contributed by atoms with Gasteiger partial charge in [0.1, 0.15) is 11.5 Å². The number of nitrogens with one attached hydrogen (secondary N) is 1. The van der Waals surface area contributed by atoms with Gasteiger partial charge in [-0.05, 0) is 75.9 Å². The Morgan fingerprint density at radius 3 is 2.62 bits per heavy atom. The van der Waals surface area contributed by atoms with Crippen molar-refractivity contribution in [3.05, 3.63) is 60.2 Å². The molecule has 1 aromatic heterocycles. The van der Waals surface area contributed by atoms with Gasteiger partial charge in [-0.25, -0.2) is 0 Å². The van der Waals surface area contributed by atoms with Crippen LogP contribution in [0.4, 0.5) is 5.69 Å². The molecule has 2 N–H and O–H groups in total. The van der Waals surface area contributed by atoms with E-state index in [9.17, 15) is 14.7 Å². The maximum atomic E-state index is 13.2. The summed E-state index contributed by atoms with van der Waals surface area (Å²) in [5, 5.41) is 12.7. The summed E-state index contributed by atoms with van der Waals surface area (Å²) in [5.41, 5.74) is 1.53. The number of allylic oxidation sites excluding steroid dienone is 2. The van der Waals surface area contributed by atoms with E-state index < -0.39 is 0 Å². The maximum Gasteiger partial charge on any atom is 0.241 e. The van der Waals surface area contributed by atoms with E-state index in [2.05, 4.69) is 16.3 Å². The first-order valence-electron chi connectivity index (χ1n) is 11.4. The molecule has 2 amide bonds. The molecule has 2 heterocycles. The minimum atomic E-state index is -0.124. The molecule has 0 unspecified atom stereocenters. The molecule has 2 aromatic rings. The Labute approximate surface area is 188 Å². The van der Waals surface area contributed by atoms with Crippen LogP contribution in [0, 0.1) is 5.92 Å². The number of amides is 2. The number of carbonyl (C=O) groups is 2. The third-order valence-corrected chi connectivity index (χ3v) is 6.29. The van der Waals surface area contributed by atoms with Crippen LogP contribution in [-0.2, 0) is 16.1 Å². The summed E-state index contributed by atoms with van der Waals surface area (Å²) < 4.78 is 5.50. The first kappa shape index (κ1) is 22.1. The van der Waals surface area contributed by atoms with Crippen molar-refractivity contribution in [2.24, 2.45) is 5.92 Å². The maximum absolute atomic E-state index is 13.2. The zero-order valence-corrected chi connectivity index (χ0v) is 18.3. The number of carbonyl (C=O) groups excluding carboxylic acids is 2. The van der Waals surface area contributed by atoms with Crippen LogP contribution >= 0.6 is 0 Å². The Bertz CT molecular complexity index is 946. The number of aromatic hydroxyl groups is 1. The fourth-order valence-corrected chi connectivity index (χ4v) is 4.42. The van der Waals surface area contributed by atoms with Gasteiger partial charge in [-0.2, -0.15) is 0 Å². The van der Waals surface area contributed by atoms with Crippen LogP contribution in [0.2, 0.25) is 0 Å². The molecule has 4 rings (SSSR count).